The Balaban J connectivity index is 1.57. The minimum absolute atomic E-state index is 0.106. The van der Waals surface area contributed by atoms with E-state index in [1.165, 1.54) is 10.6 Å². The predicted molar refractivity (Wildman–Crippen MR) is 176 cm³/mol. The summed E-state index contributed by atoms with van der Waals surface area (Å²) in [6.45, 7) is 2.48. The van der Waals surface area contributed by atoms with Crippen LogP contribution in [0.1, 0.15) is 62.1 Å². The predicted octanol–water partition coefficient (Wildman–Crippen LogP) is 6.26. The molecule has 3 aromatic carbocycles. The summed E-state index contributed by atoms with van der Waals surface area (Å²) in [5.41, 5.74) is 3.58. The quantitative estimate of drug-likeness (QED) is 0.220. The lowest BCUT2D eigenvalue weighted by molar-refractivity contribution is -0.141. The molecule has 0 aliphatic heterocycles. The lowest BCUT2D eigenvalue weighted by Gasteiger charge is -2.33. The van der Waals surface area contributed by atoms with Gasteiger partial charge in [-0.15, -0.1) is 0 Å². The molecule has 0 heterocycles. The number of rotatable bonds is 14. The molecule has 0 aromatic heterocycles. The van der Waals surface area contributed by atoms with Gasteiger partial charge in [-0.05, 0) is 66.6 Å². The Bertz CT molecular complexity index is 1460. The van der Waals surface area contributed by atoms with Crippen LogP contribution in [-0.2, 0) is 39.0 Å². The standard InChI is InChI=1S/C34H42BrN3O4S/c1-3-26-18-20-31(21-19-26)38(43(2,41)42)22-10-17-33(39)37(25-28-13-9-14-29(35)23-28)32(24-27-11-5-4-6-12-27)34(40)36-30-15-7-8-16-30/h4-6,9,11-14,18-21,23,30,32H,3,7-8,10,15-17,22,24-25H2,1-2H3,(H,36,40)/t32-/m0/s1. The van der Waals surface area contributed by atoms with E-state index >= 15 is 0 Å². The van der Waals surface area contributed by atoms with Gasteiger partial charge in [0.1, 0.15) is 6.04 Å². The number of nitrogens with zero attached hydrogens (tertiary/aromatic N) is 2. The molecule has 9 heteroatoms. The lowest BCUT2D eigenvalue weighted by Crippen LogP contribution is -2.52. The molecule has 0 radical (unpaired) electrons. The van der Waals surface area contributed by atoms with E-state index in [4.69, 9.17) is 0 Å². The maximum Gasteiger partial charge on any atom is 0.243 e. The van der Waals surface area contributed by atoms with Crippen molar-refractivity contribution in [3.05, 3.63) is 100 Å². The average Bonchev–Trinajstić information content (AvgIpc) is 3.50. The van der Waals surface area contributed by atoms with Crippen molar-refractivity contribution in [1.29, 1.82) is 0 Å². The average molecular weight is 669 g/mol. The third kappa shape index (κ3) is 9.66. The first-order valence-corrected chi connectivity index (χ1v) is 17.7. The van der Waals surface area contributed by atoms with Gasteiger partial charge in [-0.2, -0.15) is 0 Å². The van der Waals surface area contributed by atoms with Crippen molar-refractivity contribution < 1.29 is 18.0 Å². The van der Waals surface area contributed by atoms with Gasteiger partial charge in [0.05, 0.1) is 11.9 Å². The highest BCUT2D eigenvalue weighted by molar-refractivity contribution is 9.10. The molecule has 3 aromatic rings. The summed E-state index contributed by atoms with van der Waals surface area (Å²) in [6, 6.07) is 24.4. The Labute approximate surface area is 264 Å². The third-order valence-corrected chi connectivity index (χ3v) is 9.69. The summed E-state index contributed by atoms with van der Waals surface area (Å²) >= 11 is 3.53. The van der Waals surface area contributed by atoms with Gasteiger partial charge < -0.3 is 10.2 Å². The largest absolute Gasteiger partial charge is 0.352 e. The van der Waals surface area contributed by atoms with Crippen LogP contribution in [-0.4, -0.2) is 50.0 Å². The van der Waals surface area contributed by atoms with Gasteiger partial charge in [0.15, 0.2) is 0 Å². The van der Waals surface area contributed by atoms with Crippen LogP contribution >= 0.6 is 15.9 Å². The van der Waals surface area contributed by atoms with E-state index < -0.39 is 16.1 Å². The molecule has 1 saturated carbocycles. The van der Waals surface area contributed by atoms with Crippen molar-refractivity contribution >= 4 is 43.5 Å². The van der Waals surface area contributed by atoms with E-state index in [9.17, 15) is 18.0 Å². The van der Waals surface area contributed by atoms with E-state index in [0.717, 1.165) is 53.3 Å². The summed E-state index contributed by atoms with van der Waals surface area (Å²) in [7, 11) is -3.55. The first kappa shape index (κ1) is 32.7. The van der Waals surface area contributed by atoms with Crippen molar-refractivity contribution in [2.24, 2.45) is 0 Å². The first-order valence-electron chi connectivity index (χ1n) is 15.1. The van der Waals surface area contributed by atoms with Gasteiger partial charge >= 0.3 is 0 Å². The van der Waals surface area contributed by atoms with Gasteiger partial charge in [-0.1, -0.05) is 90.3 Å². The Hall–Kier alpha value is -3.17. The number of nitrogens with one attached hydrogen (secondary N) is 1. The number of aryl methyl sites for hydroxylation is 1. The van der Waals surface area contributed by atoms with Gasteiger partial charge in [-0.25, -0.2) is 8.42 Å². The highest BCUT2D eigenvalue weighted by atomic mass is 79.9. The van der Waals surface area contributed by atoms with E-state index in [0.29, 0.717) is 18.5 Å². The van der Waals surface area contributed by atoms with Crippen LogP contribution in [0.3, 0.4) is 0 Å². The molecular formula is C34H42BrN3O4S. The van der Waals surface area contributed by atoms with E-state index in [2.05, 4.69) is 21.2 Å². The Morgan fingerprint density at radius 3 is 2.23 bits per heavy atom. The number of hydrogen-bond donors (Lipinski definition) is 1. The highest BCUT2D eigenvalue weighted by Crippen LogP contribution is 2.23. The van der Waals surface area contributed by atoms with Crippen molar-refractivity contribution in [3.63, 3.8) is 0 Å². The van der Waals surface area contributed by atoms with Crippen LogP contribution in [0.2, 0.25) is 0 Å². The minimum Gasteiger partial charge on any atom is -0.352 e. The van der Waals surface area contributed by atoms with Gasteiger partial charge in [0.2, 0.25) is 21.8 Å². The van der Waals surface area contributed by atoms with Crippen molar-refractivity contribution in [2.75, 3.05) is 17.1 Å². The fourth-order valence-corrected chi connectivity index (χ4v) is 7.07. The number of carbonyl (C=O) groups excluding carboxylic acids is 2. The zero-order chi connectivity index (χ0) is 30.8. The molecule has 1 aliphatic rings. The van der Waals surface area contributed by atoms with Gasteiger partial charge in [0, 0.05) is 36.4 Å². The second-order valence-corrected chi connectivity index (χ2v) is 14.1. The number of hydrogen-bond acceptors (Lipinski definition) is 4. The van der Waals surface area contributed by atoms with Gasteiger partial charge in [-0.3, -0.25) is 13.9 Å². The minimum atomic E-state index is -3.55. The summed E-state index contributed by atoms with van der Waals surface area (Å²) in [4.78, 5) is 29.6. The summed E-state index contributed by atoms with van der Waals surface area (Å²) in [6.07, 6.45) is 6.94. The van der Waals surface area contributed by atoms with Crippen LogP contribution in [0.15, 0.2) is 83.3 Å². The number of halogens is 1. The first-order chi connectivity index (χ1) is 20.6. The SMILES string of the molecule is CCc1ccc(N(CCCC(=O)N(Cc2cccc(Br)c2)[C@@H](Cc2ccccc2)C(=O)NC2CCCC2)S(C)(=O)=O)cc1. The second-order valence-electron chi connectivity index (χ2n) is 11.3. The maximum absolute atomic E-state index is 14.0. The normalized spacial score (nSPS) is 14.3. The maximum atomic E-state index is 14.0. The second kappa shape index (κ2) is 15.5. The topological polar surface area (TPSA) is 86.8 Å². The summed E-state index contributed by atoms with van der Waals surface area (Å²) in [5, 5.41) is 3.23. The van der Waals surface area contributed by atoms with Crippen LogP contribution in [0, 0.1) is 0 Å². The molecule has 43 heavy (non-hydrogen) atoms. The van der Waals surface area contributed by atoms with Crippen LogP contribution in [0.25, 0.3) is 0 Å². The molecule has 4 rings (SSSR count). The Morgan fingerprint density at radius 2 is 1.60 bits per heavy atom. The molecule has 0 unspecified atom stereocenters. The Kier molecular flexibility index (Phi) is 11.8. The molecule has 2 amide bonds. The zero-order valence-electron chi connectivity index (χ0n) is 25.0. The molecule has 1 aliphatic carbocycles. The molecule has 0 bridgehead atoms. The van der Waals surface area contributed by atoms with Crippen LogP contribution < -0.4 is 9.62 Å². The third-order valence-electron chi connectivity index (χ3n) is 8.00. The molecule has 1 fully saturated rings. The number of sulfonamides is 1. The Morgan fingerprint density at radius 1 is 0.930 bits per heavy atom. The van der Waals surface area contributed by atoms with E-state index in [1.54, 1.807) is 4.90 Å². The molecule has 1 atom stereocenters. The fraction of sp³-hybridized carbons (Fsp3) is 0.412. The molecule has 230 valence electrons. The van der Waals surface area contributed by atoms with Crippen molar-refractivity contribution in [3.8, 4) is 0 Å². The van der Waals surface area contributed by atoms with Crippen LogP contribution in [0.5, 0.6) is 0 Å². The fourth-order valence-electron chi connectivity index (χ4n) is 5.66. The molecular weight excluding hydrogens is 626 g/mol. The number of anilines is 1. The number of carbonyl (C=O) groups is 2. The molecule has 7 nitrogen and oxygen atoms in total. The molecule has 0 saturated heterocycles. The molecule has 1 N–H and O–H groups in total. The number of benzene rings is 3. The smallest absolute Gasteiger partial charge is 0.243 e. The van der Waals surface area contributed by atoms with Crippen molar-refractivity contribution in [1.82, 2.24) is 10.2 Å². The van der Waals surface area contributed by atoms with Crippen LogP contribution in [0.4, 0.5) is 5.69 Å². The summed E-state index contributed by atoms with van der Waals surface area (Å²) < 4.78 is 27.7. The summed E-state index contributed by atoms with van der Waals surface area (Å²) in [5.74, 6) is -0.329. The highest BCUT2D eigenvalue weighted by Gasteiger charge is 2.32. The number of amides is 2. The zero-order valence-corrected chi connectivity index (χ0v) is 27.4. The van der Waals surface area contributed by atoms with Gasteiger partial charge in [0.25, 0.3) is 0 Å². The van der Waals surface area contributed by atoms with Crippen molar-refractivity contribution in [2.45, 2.75) is 76.9 Å². The molecule has 0 spiro atoms. The monoisotopic (exact) mass is 667 g/mol. The van der Waals surface area contributed by atoms with E-state index in [-0.39, 0.29) is 37.4 Å². The lowest BCUT2D eigenvalue weighted by atomic mass is 10.0. The van der Waals surface area contributed by atoms with E-state index in [1.807, 2.05) is 85.8 Å².